The summed E-state index contributed by atoms with van der Waals surface area (Å²) in [5.41, 5.74) is 1.25. The Labute approximate surface area is 128 Å². The summed E-state index contributed by atoms with van der Waals surface area (Å²) in [6, 6.07) is 14.1. The number of rotatable bonds is 5. The van der Waals surface area contributed by atoms with Gasteiger partial charge in [-0.15, -0.1) is 0 Å². The molecule has 2 aromatic carbocycles. The van der Waals surface area contributed by atoms with Gasteiger partial charge in [-0.1, -0.05) is 41.4 Å². The Balaban J connectivity index is 1.66. The van der Waals surface area contributed by atoms with Gasteiger partial charge < -0.3 is 10.1 Å². The minimum absolute atomic E-state index is 0.439. The van der Waals surface area contributed by atoms with E-state index in [1.54, 1.807) is 12.1 Å². The monoisotopic (exact) mass is 307 g/mol. The maximum absolute atomic E-state index is 6.10. The molecule has 2 aromatic rings. The largest absolute Gasteiger partial charge is 0.456 e. The van der Waals surface area contributed by atoms with Crippen LogP contribution in [0, 0.1) is 0 Å². The van der Waals surface area contributed by atoms with Crippen molar-refractivity contribution in [2.24, 2.45) is 0 Å². The molecule has 104 valence electrons. The molecule has 0 bridgehead atoms. The zero-order chi connectivity index (χ0) is 13.9. The van der Waals surface area contributed by atoms with Crippen LogP contribution in [0.25, 0.3) is 0 Å². The van der Waals surface area contributed by atoms with Gasteiger partial charge in [-0.25, -0.2) is 0 Å². The lowest BCUT2D eigenvalue weighted by Crippen LogP contribution is -2.14. The predicted octanol–water partition coefficient (Wildman–Crippen LogP) is 5.04. The first-order valence-electron chi connectivity index (χ1n) is 6.66. The highest BCUT2D eigenvalue weighted by Crippen LogP contribution is 2.34. The van der Waals surface area contributed by atoms with Gasteiger partial charge in [-0.2, -0.15) is 0 Å². The fraction of sp³-hybridized carbons (Fsp3) is 0.250. The number of hydrogen-bond acceptors (Lipinski definition) is 2. The van der Waals surface area contributed by atoms with E-state index in [9.17, 15) is 0 Å². The molecule has 0 unspecified atom stereocenters. The molecule has 0 atom stereocenters. The van der Waals surface area contributed by atoms with Crippen LogP contribution in [0.2, 0.25) is 10.0 Å². The zero-order valence-electron chi connectivity index (χ0n) is 10.9. The summed E-state index contributed by atoms with van der Waals surface area (Å²) in [4.78, 5) is 0. The van der Waals surface area contributed by atoms with Crippen molar-refractivity contribution in [3.63, 3.8) is 0 Å². The van der Waals surface area contributed by atoms with Gasteiger partial charge in [0.05, 0.1) is 5.02 Å². The van der Waals surface area contributed by atoms with Crippen LogP contribution in [0.1, 0.15) is 18.4 Å². The summed E-state index contributed by atoms with van der Waals surface area (Å²) in [6.07, 6.45) is 2.60. The third kappa shape index (κ3) is 3.45. The summed E-state index contributed by atoms with van der Waals surface area (Å²) in [5.74, 6) is 1.33. The topological polar surface area (TPSA) is 21.3 Å². The van der Waals surface area contributed by atoms with E-state index in [1.807, 2.05) is 18.2 Å². The number of nitrogens with one attached hydrogen (secondary N) is 1. The first-order chi connectivity index (χ1) is 9.72. The third-order valence-electron chi connectivity index (χ3n) is 3.24. The van der Waals surface area contributed by atoms with Gasteiger partial charge in [0.2, 0.25) is 0 Å². The fourth-order valence-electron chi connectivity index (χ4n) is 1.91. The van der Waals surface area contributed by atoms with Gasteiger partial charge in [0.15, 0.2) is 0 Å². The van der Waals surface area contributed by atoms with Crippen LogP contribution in [-0.4, -0.2) is 6.04 Å². The third-order valence-corrected chi connectivity index (χ3v) is 4.04. The molecule has 0 radical (unpaired) electrons. The zero-order valence-corrected chi connectivity index (χ0v) is 12.4. The Morgan fingerprint density at radius 3 is 2.50 bits per heavy atom. The smallest absolute Gasteiger partial charge is 0.147 e. The van der Waals surface area contributed by atoms with Crippen LogP contribution in [0.5, 0.6) is 11.5 Å². The van der Waals surface area contributed by atoms with Crippen molar-refractivity contribution in [3.05, 3.63) is 58.1 Å². The molecule has 20 heavy (non-hydrogen) atoms. The quantitative estimate of drug-likeness (QED) is 0.835. The SMILES string of the molecule is Clc1cccc(Oc2ccc(CNC3CC3)cc2)c1Cl. The van der Waals surface area contributed by atoms with Crippen LogP contribution in [-0.2, 0) is 6.54 Å². The minimum atomic E-state index is 0.439. The highest BCUT2D eigenvalue weighted by molar-refractivity contribution is 6.42. The Bertz CT molecular complexity index is 594. The van der Waals surface area contributed by atoms with E-state index in [0.717, 1.165) is 18.3 Å². The van der Waals surface area contributed by atoms with Crippen LogP contribution in [0.15, 0.2) is 42.5 Å². The predicted molar refractivity (Wildman–Crippen MR) is 82.8 cm³/mol. The van der Waals surface area contributed by atoms with E-state index in [1.165, 1.54) is 18.4 Å². The molecule has 0 saturated heterocycles. The standard InChI is InChI=1S/C16H15Cl2NO/c17-14-2-1-3-15(16(14)18)20-13-8-4-11(5-9-13)10-19-12-6-7-12/h1-5,8-9,12,19H,6-7,10H2. The van der Waals surface area contributed by atoms with Crippen LogP contribution in [0.3, 0.4) is 0 Å². The van der Waals surface area contributed by atoms with Gasteiger partial charge in [0.25, 0.3) is 0 Å². The highest BCUT2D eigenvalue weighted by Gasteiger charge is 2.19. The molecule has 0 amide bonds. The maximum atomic E-state index is 6.10. The minimum Gasteiger partial charge on any atom is -0.456 e. The molecular weight excluding hydrogens is 293 g/mol. The van der Waals surface area contributed by atoms with E-state index in [0.29, 0.717) is 15.8 Å². The molecule has 0 aliphatic heterocycles. The second kappa shape index (κ2) is 6.04. The number of ether oxygens (including phenoxy) is 1. The van der Waals surface area contributed by atoms with Crippen molar-refractivity contribution < 1.29 is 4.74 Å². The molecule has 1 fully saturated rings. The van der Waals surface area contributed by atoms with Crippen molar-refractivity contribution in [1.82, 2.24) is 5.32 Å². The van der Waals surface area contributed by atoms with Gasteiger partial charge in [-0.05, 0) is 42.7 Å². The fourth-order valence-corrected chi connectivity index (χ4v) is 2.25. The second-order valence-corrected chi connectivity index (χ2v) is 5.74. The lowest BCUT2D eigenvalue weighted by atomic mass is 10.2. The summed E-state index contributed by atoms with van der Waals surface area (Å²) in [5, 5.41) is 4.41. The Morgan fingerprint density at radius 1 is 1.05 bits per heavy atom. The summed E-state index contributed by atoms with van der Waals surface area (Å²) in [6.45, 7) is 0.906. The molecule has 1 aliphatic carbocycles. The van der Waals surface area contributed by atoms with E-state index in [4.69, 9.17) is 27.9 Å². The Hall–Kier alpha value is -1.22. The van der Waals surface area contributed by atoms with E-state index >= 15 is 0 Å². The number of halogens is 2. The van der Waals surface area contributed by atoms with Crippen molar-refractivity contribution in [2.45, 2.75) is 25.4 Å². The van der Waals surface area contributed by atoms with Crippen molar-refractivity contribution in [2.75, 3.05) is 0 Å². The molecule has 1 aliphatic rings. The molecule has 0 spiro atoms. The van der Waals surface area contributed by atoms with Gasteiger partial charge >= 0.3 is 0 Å². The molecule has 3 rings (SSSR count). The Kier molecular flexibility index (Phi) is 4.16. The Morgan fingerprint density at radius 2 is 1.80 bits per heavy atom. The van der Waals surface area contributed by atoms with Gasteiger partial charge in [0, 0.05) is 12.6 Å². The average molecular weight is 308 g/mol. The lowest BCUT2D eigenvalue weighted by molar-refractivity contribution is 0.482. The number of hydrogen-bond donors (Lipinski definition) is 1. The molecule has 1 N–H and O–H groups in total. The van der Waals surface area contributed by atoms with Crippen LogP contribution < -0.4 is 10.1 Å². The first-order valence-corrected chi connectivity index (χ1v) is 7.42. The lowest BCUT2D eigenvalue weighted by Gasteiger charge is -2.09. The van der Waals surface area contributed by atoms with E-state index < -0.39 is 0 Å². The molecule has 0 heterocycles. The van der Waals surface area contributed by atoms with Crippen LogP contribution in [0.4, 0.5) is 0 Å². The first kappa shape index (κ1) is 13.7. The van der Waals surface area contributed by atoms with Crippen molar-refractivity contribution in [3.8, 4) is 11.5 Å². The summed E-state index contributed by atoms with van der Waals surface area (Å²) in [7, 11) is 0. The average Bonchev–Trinajstić information content (AvgIpc) is 3.27. The van der Waals surface area contributed by atoms with E-state index in [2.05, 4.69) is 17.4 Å². The van der Waals surface area contributed by atoms with Gasteiger partial charge in [-0.3, -0.25) is 0 Å². The summed E-state index contributed by atoms with van der Waals surface area (Å²) >= 11 is 12.1. The number of benzene rings is 2. The highest BCUT2D eigenvalue weighted by atomic mass is 35.5. The molecular formula is C16H15Cl2NO. The molecule has 0 aromatic heterocycles. The summed E-state index contributed by atoms with van der Waals surface area (Å²) < 4.78 is 5.75. The molecule has 2 nitrogen and oxygen atoms in total. The maximum Gasteiger partial charge on any atom is 0.147 e. The molecule has 4 heteroatoms. The van der Waals surface area contributed by atoms with Crippen molar-refractivity contribution in [1.29, 1.82) is 0 Å². The van der Waals surface area contributed by atoms with Crippen LogP contribution >= 0.6 is 23.2 Å². The van der Waals surface area contributed by atoms with Gasteiger partial charge in [0.1, 0.15) is 16.5 Å². The normalized spacial score (nSPS) is 14.3. The van der Waals surface area contributed by atoms with E-state index in [-0.39, 0.29) is 0 Å². The second-order valence-electron chi connectivity index (χ2n) is 4.95. The van der Waals surface area contributed by atoms with Crippen molar-refractivity contribution >= 4 is 23.2 Å². The molecule has 1 saturated carbocycles.